The Morgan fingerprint density at radius 3 is 2.61 bits per heavy atom. The van der Waals surface area contributed by atoms with E-state index in [0.717, 1.165) is 68.1 Å². The van der Waals surface area contributed by atoms with Gasteiger partial charge in [0, 0.05) is 29.5 Å². The number of nitrogens with one attached hydrogen (secondary N) is 1. The van der Waals surface area contributed by atoms with Crippen LogP contribution in [0.5, 0.6) is 11.5 Å². The molecule has 2 fully saturated rings. The molecule has 0 aliphatic carbocycles. The minimum Gasteiger partial charge on any atom is -0.497 e. The number of carbonyl (C=O) groups excluding carboxylic acids is 2. The molecule has 8 nitrogen and oxygen atoms in total. The summed E-state index contributed by atoms with van der Waals surface area (Å²) in [4.78, 5) is 34.2. The summed E-state index contributed by atoms with van der Waals surface area (Å²) >= 11 is 1.45. The third-order valence-corrected chi connectivity index (χ3v) is 7.41. The highest BCUT2D eigenvalue weighted by atomic mass is 32.1. The Kier molecular flexibility index (Phi) is 7.49. The van der Waals surface area contributed by atoms with Gasteiger partial charge in [0.05, 0.1) is 32.5 Å². The Bertz CT molecular complexity index is 987. The molecule has 178 valence electrons. The number of aromatic nitrogens is 1. The van der Waals surface area contributed by atoms with Gasteiger partial charge in [-0.2, -0.15) is 0 Å². The number of carbonyl (C=O) groups is 2. The van der Waals surface area contributed by atoms with Crippen molar-refractivity contribution in [2.75, 3.05) is 45.7 Å². The van der Waals surface area contributed by atoms with Crippen LogP contribution < -0.4 is 14.8 Å². The summed E-state index contributed by atoms with van der Waals surface area (Å²) < 4.78 is 10.9. The van der Waals surface area contributed by atoms with Crippen LogP contribution in [0.1, 0.15) is 43.0 Å². The SMILES string of the molecule is COc1ccc(C2CCCN2C(=O)CN2CCC(C(=O)Nc3nc(C)cs3)CC2)c(OC)c1. The number of likely N-dealkylation sites (tertiary alicyclic amines) is 2. The molecule has 1 atom stereocenters. The van der Waals surface area contributed by atoms with Crippen molar-refractivity contribution in [3.05, 3.63) is 34.8 Å². The summed E-state index contributed by atoms with van der Waals surface area (Å²) in [5, 5.41) is 5.51. The Hall–Kier alpha value is -2.65. The van der Waals surface area contributed by atoms with Crippen LogP contribution in [-0.4, -0.2) is 67.0 Å². The van der Waals surface area contributed by atoms with Crippen molar-refractivity contribution in [3.8, 4) is 11.5 Å². The lowest BCUT2D eigenvalue weighted by atomic mass is 9.96. The number of rotatable bonds is 7. The number of nitrogens with zero attached hydrogens (tertiary/aromatic N) is 3. The van der Waals surface area contributed by atoms with Crippen LogP contribution in [0.25, 0.3) is 0 Å². The molecule has 2 aliphatic rings. The van der Waals surface area contributed by atoms with Gasteiger partial charge in [0.1, 0.15) is 11.5 Å². The molecule has 1 aromatic carbocycles. The van der Waals surface area contributed by atoms with E-state index in [9.17, 15) is 9.59 Å². The molecule has 2 aromatic rings. The zero-order valence-electron chi connectivity index (χ0n) is 19.5. The zero-order valence-corrected chi connectivity index (χ0v) is 20.3. The minimum atomic E-state index is -0.0383. The van der Waals surface area contributed by atoms with E-state index in [0.29, 0.717) is 11.7 Å². The maximum atomic E-state index is 13.2. The van der Waals surface area contributed by atoms with Crippen molar-refractivity contribution >= 4 is 28.3 Å². The Labute approximate surface area is 198 Å². The standard InChI is InChI=1S/C24H32N4O4S/c1-16-15-33-24(25-16)26-23(30)17-8-11-27(12-9-17)14-22(29)28-10-4-5-20(28)19-7-6-18(31-2)13-21(19)32-3/h6-7,13,15,17,20H,4-5,8-12,14H2,1-3H3,(H,25,26,30). The molecule has 0 saturated carbocycles. The Morgan fingerprint density at radius 2 is 1.94 bits per heavy atom. The summed E-state index contributed by atoms with van der Waals surface area (Å²) in [7, 11) is 3.28. The number of aryl methyl sites for hydroxylation is 1. The van der Waals surface area contributed by atoms with Crippen molar-refractivity contribution in [1.29, 1.82) is 0 Å². The summed E-state index contributed by atoms with van der Waals surface area (Å²) in [5.74, 6) is 1.62. The number of thiazole rings is 1. The lowest BCUT2D eigenvalue weighted by molar-refractivity contribution is -0.133. The van der Waals surface area contributed by atoms with E-state index in [1.165, 1.54) is 11.3 Å². The van der Waals surface area contributed by atoms with Crippen LogP contribution in [-0.2, 0) is 9.59 Å². The van der Waals surface area contributed by atoms with Crippen molar-refractivity contribution in [1.82, 2.24) is 14.8 Å². The van der Waals surface area contributed by atoms with Crippen molar-refractivity contribution in [2.24, 2.45) is 5.92 Å². The first-order valence-electron chi connectivity index (χ1n) is 11.4. The molecule has 4 rings (SSSR count). The molecule has 3 heterocycles. The van der Waals surface area contributed by atoms with Crippen molar-refractivity contribution in [2.45, 2.75) is 38.6 Å². The third-order valence-electron chi connectivity index (χ3n) is 6.54. The molecule has 1 aromatic heterocycles. The number of piperidine rings is 1. The number of hydrogen-bond donors (Lipinski definition) is 1. The van der Waals surface area contributed by atoms with Crippen LogP contribution in [0.15, 0.2) is 23.6 Å². The minimum absolute atomic E-state index is 0.0171. The van der Waals surface area contributed by atoms with Gasteiger partial charge in [-0.1, -0.05) is 0 Å². The fourth-order valence-electron chi connectivity index (χ4n) is 4.74. The van der Waals surface area contributed by atoms with Crippen LogP contribution >= 0.6 is 11.3 Å². The topological polar surface area (TPSA) is 84.0 Å². The van der Waals surface area contributed by atoms with Gasteiger partial charge in [0.25, 0.3) is 0 Å². The Balaban J connectivity index is 1.32. The van der Waals surface area contributed by atoms with Crippen LogP contribution in [0.4, 0.5) is 5.13 Å². The van der Waals surface area contributed by atoms with E-state index >= 15 is 0 Å². The van der Waals surface area contributed by atoms with Crippen LogP contribution in [0.3, 0.4) is 0 Å². The molecular weight excluding hydrogens is 440 g/mol. The van der Waals surface area contributed by atoms with Gasteiger partial charge in [-0.05, 0) is 57.8 Å². The fourth-order valence-corrected chi connectivity index (χ4v) is 5.43. The quantitative estimate of drug-likeness (QED) is 0.664. The van der Waals surface area contributed by atoms with Crippen LogP contribution in [0, 0.1) is 12.8 Å². The van der Waals surface area contributed by atoms with Gasteiger partial charge in [-0.3, -0.25) is 14.5 Å². The normalized spacial score (nSPS) is 19.5. The molecule has 0 bridgehead atoms. The fraction of sp³-hybridized carbons (Fsp3) is 0.542. The monoisotopic (exact) mass is 472 g/mol. The molecule has 2 aliphatic heterocycles. The first-order chi connectivity index (χ1) is 16.0. The van der Waals surface area contributed by atoms with Crippen molar-refractivity contribution in [3.63, 3.8) is 0 Å². The maximum Gasteiger partial charge on any atom is 0.237 e. The van der Waals surface area contributed by atoms with E-state index < -0.39 is 0 Å². The van der Waals surface area contributed by atoms with E-state index in [1.54, 1.807) is 14.2 Å². The van der Waals surface area contributed by atoms with E-state index in [1.807, 2.05) is 35.4 Å². The smallest absolute Gasteiger partial charge is 0.237 e. The number of amides is 2. The first kappa shape index (κ1) is 23.5. The Morgan fingerprint density at radius 1 is 1.15 bits per heavy atom. The molecule has 0 spiro atoms. The first-order valence-corrected chi connectivity index (χ1v) is 12.3. The van der Waals surface area contributed by atoms with Crippen LogP contribution in [0.2, 0.25) is 0 Å². The molecule has 9 heteroatoms. The summed E-state index contributed by atoms with van der Waals surface area (Å²) in [5.41, 5.74) is 1.94. The molecule has 0 radical (unpaired) electrons. The number of benzene rings is 1. The number of ether oxygens (including phenoxy) is 2. The average molecular weight is 473 g/mol. The van der Waals surface area contributed by atoms with Gasteiger partial charge in [-0.25, -0.2) is 4.98 Å². The summed E-state index contributed by atoms with van der Waals surface area (Å²) in [6.45, 7) is 4.53. The molecular formula is C24H32N4O4S. The third kappa shape index (κ3) is 5.47. The highest BCUT2D eigenvalue weighted by molar-refractivity contribution is 7.13. The highest BCUT2D eigenvalue weighted by Crippen LogP contribution is 2.38. The second-order valence-electron chi connectivity index (χ2n) is 8.69. The largest absolute Gasteiger partial charge is 0.497 e. The number of anilines is 1. The molecule has 33 heavy (non-hydrogen) atoms. The second-order valence-corrected chi connectivity index (χ2v) is 9.54. The second kappa shape index (κ2) is 10.5. The lowest BCUT2D eigenvalue weighted by Crippen LogP contribution is -2.44. The van der Waals surface area contributed by atoms with Gasteiger partial charge >= 0.3 is 0 Å². The molecule has 1 N–H and O–H groups in total. The lowest BCUT2D eigenvalue weighted by Gasteiger charge is -2.33. The number of hydrogen-bond acceptors (Lipinski definition) is 7. The molecule has 2 amide bonds. The van der Waals surface area contributed by atoms with Gasteiger partial charge in [-0.15, -0.1) is 11.3 Å². The summed E-state index contributed by atoms with van der Waals surface area (Å²) in [6.07, 6.45) is 3.40. The van der Waals surface area contributed by atoms with Gasteiger partial charge < -0.3 is 19.7 Å². The maximum absolute atomic E-state index is 13.2. The zero-order chi connectivity index (χ0) is 23.4. The van der Waals surface area contributed by atoms with E-state index in [2.05, 4.69) is 15.2 Å². The van der Waals surface area contributed by atoms with E-state index in [4.69, 9.17) is 9.47 Å². The van der Waals surface area contributed by atoms with Crippen molar-refractivity contribution < 1.29 is 19.1 Å². The molecule has 1 unspecified atom stereocenters. The molecule has 2 saturated heterocycles. The number of methoxy groups -OCH3 is 2. The van der Waals surface area contributed by atoms with Gasteiger partial charge in [0.2, 0.25) is 11.8 Å². The van der Waals surface area contributed by atoms with E-state index in [-0.39, 0.29) is 23.8 Å². The highest BCUT2D eigenvalue weighted by Gasteiger charge is 2.34. The summed E-state index contributed by atoms with van der Waals surface area (Å²) in [6, 6.07) is 5.81. The predicted molar refractivity (Wildman–Crippen MR) is 128 cm³/mol. The van der Waals surface area contributed by atoms with Gasteiger partial charge in [0.15, 0.2) is 5.13 Å². The average Bonchev–Trinajstić information content (AvgIpc) is 3.48. The predicted octanol–water partition coefficient (Wildman–Crippen LogP) is 3.48.